The quantitative estimate of drug-likeness (QED) is 0.750. The van der Waals surface area contributed by atoms with Crippen LogP contribution < -0.4 is 10.6 Å². The van der Waals surface area contributed by atoms with Crippen LogP contribution in [0.3, 0.4) is 0 Å². The van der Waals surface area contributed by atoms with Gasteiger partial charge >= 0.3 is 0 Å². The van der Waals surface area contributed by atoms with Crippen molar-refractivity contribution in [3.63, 3.8) is 0 Å². The molecule has 18 heavy (non-hydrogen) atoms. The average Bonchev–Trinajstić information content (AvgIpc) is 2.34. The van der Waals surface area contributed by atoms with Crippen LogP contribution in [-0.4, -0.2) is 49.1 Å². The lowest BCUT2D eigenvalue weighted by molar-refractivity contribution is -0.125. The zero-order chi connectivity index (χ0) is 13.5. The van der Waals surface area contributed by atoms with Crippen molar-refractivity contribution in [1.82, 2.24) is 15.5 Å². The maximum absolute atomic E-state index is 12.0. The zero-order valence-electron chi connectivity index (χ0n) is 12.3. The third-order valence-corrected chi connectivity index (χ3v) is 3.71. The molecule has 1 heterocycles. The molecule has 1 saturated heterocycles. The van der Waals surface area contributed by atoms with Gasteiger partial charge in [-0.2, -0.15) is 0 Å². The van der Waals surface area contributed by atoms with Crippen LogP contribution in [0.1, 0.15) is 40.5 Å². The first-order valence-electron chi connectivity index (χ1n) is 7.26. The van der Waals surface area contributed by atoms with Gasteiger partial charge in [0.05, 0.1) is 0 Å². The smallest absolute Gasteiger partial charge is 0.223 e. The summed E-state index contributed by atoms with van der Waals surface area (Å²) in [7, 11) is 0. The lowest BCUT2D eigenvalue weighted by Crippen LogP contribution is -2.44. The summed E-state index contributed by atoms with van der Waals surface area (Å²) in [5.41, 5.74) is 0. The predicted octanol–water partition coefficient (Wildman–Crippen LogP) is 1.22. The molecule has 4 heteroatoms. The Labute approximate surface area is 111 Å². The Hall–Kier alpha value is -0.610. The topological polar surface area (TPSA) is 44.4 Å². The summed E-state index contributed by atoms with van der Waals surface area (Å²) in [4.78, 5) is 14.4. The van der Waals surface area contributed by atoms with Gasteiger partial charge in [0.15, 0.2) is 0 Å². The predicted molar refractivity (Wildman–Crippen MR) is 75.6 cm³/mol. The van der Waals surface area contributed by atoms with Gasteiger partial charge in [0, 0.05) is 31.1 Å². The minimum Gasteiger partial charge on any atom is -0.355 e. The van der Waals surface area contributed by atoms with Crippen molar-refractivity contribution in [3.05, 3.63) is 0 Å². The Kier molecular flexibility index (Phi) is 6.65. The van der Waals surface area contributed by atoms with Gasteiger partial charge in [0.1, 0.15) is 0 Å². The molecular formula is C14H29N3O. The number of nitrogens with zero attached hydrogens (tertiary/aromatic N) is 1. The highest BCUT2D eigenvalue weighted by Crippen LogP contribution is 2.11. The van der Waals surface area contributed by atoms with Crippen molar-refractivity contribution in [2.45, 2.75) is 52.6 Å². The van der Waals surface area contributed by atoms with Crippen LogP contribution in [0.25, 0.3) is 0 Å². The first kappa shape index (κ1) is 15.4. The van der Waals surface area contributed by atoms with Crippen molar-refractivity contribution in [3.8, 4) is 0 Å². The van der Waals surface area contributed by atoms with Crippen LogP contribution in [0.5, 0.6) is 0 Å². The molecule has 1 aliphatic heterocycles. The van der Waals surface area contributed by atoms with E-state index in [9.17, 15) is 4.79 Å². The van der Waals surface area contributed by atoms with Crippen LogP contribution >= 0.6 is 0 Å². The van der Waals surface area contributed by atoms with E-state index in [2.05, 4.69) is 43.2 Å². The SMILES string of the molecule is CC(C)N(CCNC(=O)C1CCNCC1)C(C)C. The summed E-state index contributed by atoms with van der Waals surface area (Å²) in [6, 6.07) is 1.06. The van der Waals surface area contributed by atoms with E-state index in [-0.39, 0.29) is 11.8 Å². The molecule has 1 amide bonds. The molecule has 0 atom stereocenters. The number of rotatable bonds is 6. The summed E-state index contributed by atoms with van der Waals surface area (Å²) in [5.74, 6) is 0.460. The van der Waals surface area contributed by atoms with Gasteiger partial charge in [-0.15, -0.1) is 0 Å². The van der Waals surface area contributed by atoms with E-state index >= 15 is 0 Å². The maximum atomic E-state index is 12.0. The Morgan fingerprint density at radius 3 is 2.28 bits per heavy atom. The number of hydrogen-bond donors (Lipinski definition) is 2. The number of nitrogens with one attached hydrogen (secondary N) is 2. The summed E-state index contributed by atoms with van der Waals surface area (Å²) in [6.07, 6.45) is 1.95. The fraction of sp³-hybridized carbons (Fsp3) is 0.929. The highest BCUT2D eigenvalue weighted by molar-refractivity contribution is 5.78. The Bertz CT molecular complexity index is 239. The highest BCUT2D eigenvalue weighted by Gasteiger charge is 2.20. The second-order valence-electron chi connectivity index (χ2n) is 5.74. The molecule has 0 spiro atoms. The van der Waals surface area contributed by atoms with Gasteiger partial charge in [0.25, 0.3) is 0 Å². The van der Waals surface area contributed by atoms with Gasteiger partial charge in [-0.25, -0.2) is 0 Å². The molecule has 1 fully saturated rings. The summed E-state index contributed by atoms with van der Waals surface area (Å²) in [6.45, 7) is 12.5. The zero-order valence-corrected chi connectivity index (χ0v) is 12.3. The van der Waals surface area contributed by atoms with Gasteiger partial charge in [-0.3, -0.25) is 9.69 Å². The van der Waals surface area contributed by atoms with Crippen LogP contribution in [0, 0.1) is 5.92 Å². The number of amides is 1. The average molecular weight is 255 g/mol. The van der Waals surface area contributed by atoms with Crippen molar-refractivity contribution >= 4 is 5.91 Å². The van der Waals surface area contributed by atoms with E-state index in [0.717, 1.165) is 39.0 Å². The monoisotopic (exact) mass is 255 g/mol. The Morgan fingerprint density at radius 2 is 1.78 bits per heavy atom. The van der Waals surface area contributed by atoms with E-state index in [1.54, 1.807) is 0 Å². The van der Waals surface area contributed by atoms with Gasteiger partial charge in [-0.1, -0.05) is 0 Å². The number of carbonyl (C=O) groups is 1. The fourth-order valence-electron chi connectivity index (χ4n) is 2.65. The number of carbonyl (C=O) groups excluding carboxylic acids is 1. The molecule has 106 valence electrons. The summed E-state index contributed by atoms with van der Waals surface area (Å²) in [5, 5.41) is 6.37. The standard InChI is InChI=1S/C14H29N3O/c1-11(2)17(12(3)4)10-9-16-14(18)13-5-7-15-8-6-13/h11-13,15H,5-10H2,1-4H3,(H,16,18). The second kappa shape index (κ2) is 7.74. The summed E-state index contributed by atoms with van der Waals surface area (Å²) < 4.78 is 0. The Balaban J connectivity index is 2.25. The molecule has 0 aromatic rings. The molecule has 1 rings (SSSR count). The van der Waals surface area contributed by atoms with Gasteiger partial charge in [0.2, 0.25) is 5.91 Å². The second-order valence-corrected chi connectivity index (χ2v) is 5.74. The lowest BCUT2D eigenvalue weighted by Gasteiger charge is -2.31. The number of hydrogen-bond acceptors (Lipinski definition) is 3. The molecule has 0 aromatic heterocycles. The largest absolute Gasteiger partial charge is 0.355 e. The minimum absolute atomic E-state index is 0.220. The maximum Gasteiger partial charge on any atom is 0.223 e. The van der Waals surface area contributed by atoms with E-state index in [1.165, 1.54) is 0 Å². The first-order valence-corrected chi connectivity index (χ1v) is 7.26. The normalized spacial score (nSPS) is 17.7. The Morgan fingerprint density at radius 1 is 1.22 bits per heavy atom. The molecule has 2 N–H and O–H groups in total. The molecule has 1 aliphatic rings. The fourth-order valence-corrected chi connectivity index (χ4v) is 2.65. The van der Waals surface area contributed by atoms with E-state index in [1.807, 2.05) is 0 Å². The third kappa shape index (κ3) is 4.94. The van der Waals surface area contributed by atoms with Crippen molar-refractivity contribution in [2.75, 3.05) is 26.2 Å². The molecule has 0 aliphatic carbocycles. The molecular weight excluding hydrogens is 226 g/mol. The van der Waals surface area contributed by atoms with E-state index < -0.39 is 0 Å². The molecule has 4 nitrogen and oxygen atoms in total. The van der Waals surface area contributed by atoms with Crippen LogP contribution in [0.2, 0.25) is 0 Å². The van der Waals surface area contributed by atoms with Gasteiger partial charge in [-0.05, 0) is 53.6 Å². The van der Waals surface area contributed by atoms with Crippen molar-refractivity contribution < 1.29 is 4.79 Å². The first-order chi connectivity index (χ1) is 8.52. The third-order valence-electron chi connectivity index (χ3n) is 3.71. The van der Waals surface area contributed by atoms with Crippen LogP contribution in [0.15, 0.2) is 0 Å². The molecule has 0 aromatic carbocycles. The lowest BCUT2D eigenvalue weighted by atomic mass is 9.97. The number of piperidine rings is 1. The molecule has 0 unspecified atom stereocenters. The van der Waals surface area contributed by atoms with Crippen molar-refractivity contribution in [2.24, 2.45) is 5.92 Å². The molecule has 0 bridgehead atoms. The van der Waals surface area contributed by atoms with Crippen molar-refractivity contribution in [1.29, 1.82) is 0 Å². The van der Waals surface area contributed by atoms with E-state index in [4.69, 9.17) is 0 Å². The van der Waals surface area contributed by atoms with Crippen LogP contribution in [0.4, 0.5) is 0 Å². The van der Waals surface area contributed by atoms with Crippen LogP contribution in [-0.2, 0) is 4.79 Å². The highest BCUT2D eigenvalue weighted by atomic mass is 16.1. The summed E-state index contributed by atoms with van der Waals surface area (Å²) >= 11 is 0. The minimum atomic E-state index is 0.220. The molecule has 0 radical (unpaired) electrons. The van der Waals surface area contributed by atoms with E-state index in [0.29, 0.717) is 12.1 Å². The van der Waals surface area contributed by atoms with Gasteiger partial charge < -0.3 is 10.6 Å². The molecule has 0 saturated carbocycles.